The lowest BCUT2D eigenvalue weighted by Crippen LogP contribution is -2.31. The van der Waals surface area contributed by atoms with Crippen LogP contribution < -0.4 is 5.32 Å². The largest absolute Gasteiger partial charge is 0.316 e. The number of amides is 2. The molecule has 5 heteroatoms. The van der Waals surface area contributed by atoms with Gasteiger partial charge in [-0.2, -0.15) is 0 Å². The Labute approximate surface area is 134 Å². The molecule has 0 aromatic heterocycles. The first kappa shape index (κ1) is 16.2. The zero-order valence-corrected chi connectivity index (χ0v) is 14.1. The van der Waals surface area contributed by atoms with Crippen LogP contribution in [0, 0.1) is 5.92 Å². The summed E-state index contributed by atoms with van der Waals surface area (Å²) in [7, 11) is 0. The van der Waals surface area contributed by atoms with Crippen LogP contribution in [0.3, 0.4) is 0 Å². The van der Waals surface area contributed by atoms with Crippen molar-refractivity contribution in [1.82, 2.24) is 10.2 Å². The van der Waals surface area contributed by atoms with E-state index in [1.807, 2.05) is 0 Å². The van der Waals surface area contributed by atoms with Crippen molar-refractivity contribution in [2.45, 2.75) is 26.7 Å². The molecule has 0 spiro atoms. The zero-order valence-electron chi connectivity index (χ0n) is 12.5. The molecule has 0 fully saturated rings. The second-order valence-corrected chi connectivity index (χ2v) is 6.67. The summed E-state index contributed by atoms with van der Waals surface area (Å²) in [6, 6.07) is 5.23. The number of benzene rings is 1. The number of carbonyl (C=O) groups excluding carboxylic acids is 2. The average Bonchev–Trinajstić information content (AvgIpc) is 2.66. The Kier molecular flexibility index (Phi) is 5.53. The van der Waals surface area contributed by atoms with Crippen LogP contribution in [0.2, 0.25) is 0 Å². The molecule has 1 N–H and O–H groups in total. The van der Waals surface area contributed by atoms with E-state index >= 15 is 0 Å². The molecule has 4 nitrogen and oxygen atoms in total. The Morgan fingerprint density at radius 2 is 1.86 bits per heavy atom. The average molecular weight is 353 g/mol. The van der Waals surface area contributed by atoms with Crippen molar-refractivity contribution < 1.29 is 9.59 Å². The van der Waals surface area contributed by atoms with Crippen molar-refractivity contribution in [3.05, 3.63) is 33.8 Å². The van der Waals surface area contributed by atoms with Gasteiger partial charge in [0.1, 0.15) is 0 Å². The maximum Gasteiger partial charge on any atom is 0.261 e. The lowest BCUT2D eigenvalue weighted by Gasteiger charge is -2.13. The summed E-state index contributed by atoms with van der Waals surface area (Å²) in [5.74, 6) is 0.295. The monoisotopic (exact) mass is 352 g/mol. The minimum atomic E-state index is -0.175. The van der Waals surface area contributed by atoms with Crippen LogP contribution in [-0.2, 0) is 0 Å². The van der Waals surface area contributed by atoms with Gasteiger partial charge in [0.15, 0.2) is 0 Å². The van der Waals surface area contributed by atoms with Crippen molar-refractivity contribution in [1.29, 1.82) is 0 Å². The number of imide groups is 1. The van der Waals surface area contributed by atoms with E-state index in [0.717, 1.165) is 30.4 Å². The molecule has 0 saturated carbocycles. The van der Waals surface area contributed by atoms with Gasteiger partial charge in [-0.15, -0.1) is 0 Å². The summed E-state index contributed by atoms with van der Waals surface area (Å²) >= 11 is 3.33. The summed E-state index contributed by atoms with van der Waals surface area (Å²) in [5, 5.41) is 3.36. The highest BCUT2D eigenvalue weighted by Gasteiger charge is 2.34. The highest BCUT2D eigenvalue weighted by Crippen LogP contribution is 2.26. The molecular weight excluding hydrogens is 332 g/mol. The number of halogens is 1. The molecule has 0 aliphatic carbocycles. The van der Waals surface area contributed by atoms with Crippen molar-refractivity contribution in [2.75, 3.05) is 19.6 Å². The lowest BCUT2D eigenvalue weighted by atomic mass is 10.1. The molecule has 0 bridgehead atoms. The Balaban J connectivity index is 1.83. The quantitative estimate of drug-likeness (QED) is 0.605. The maximum absolute atomic E-state index is 12.2. The summed E-state index contributed by atoms with van der Waals surface area (Å²) in [6.07, 6.45) is 1.79. The SMILES string of the molecule is CC(C)CNCCCCN1C(=O)c2ccc(Br)cc2C1=O. The summed E-state index contributed by atoms with van der Waals surface area (Å²) in [5.41, 5.74) is 1.02. The van der Waals surface area contributed by atoms with Gasteiger partial charge in [0.2, 0.25) is 0 Å². The third-order valence-corrected chi connectivity index (χ3v) is 3.96. The number of nitrogens with one attached hydrogen (secondary N) is 1. The standard InChI is InChI=1S/C16H21BrN2O2/c1-11(2)10-18-7-3-4-8-19-15(20)13-6-5-12(17)9-14(13)16(19)21/h5-6,9,11,18H,3-4,7-8,10H2,1-2H3. The second kappa shape index (κ2) is 7.18. The predicted molar refractivity (Wildman–Crippen MR) is 86.5 cm³/mol. The van der Waals surface area contributed by atoms with Gasteiger partial charge in [0.25, 0.3) is 11.8 Å². The van der Waals surface area contributed by atoms with Gasteiger partial charge >= 0.3 is 0 Å². The Bertz CT molecular complexity index is 543. The lowest BCUT2D eigenvalue weighted by molar-refractivity contribution is 0.0651. The van der Waals surface area contributed by atoms with Crippen LogP contribution >= 0.6 is 15.9 Å². The predicted octanol–water partition coefficient (Wildman–Crippen LogP) is 3.07. The molecule has 114 valence electrons. The van der Waals surface area contributed by atoms with Crippen molar-refractivity contribution >= 4 is 27.7 Å². The molecule has 2 amide bonds. The number of fused-ring (bicyclic) bond motifs is 1. The fourth-order valence-corrected chi connectivity index (χ4v) is 2.74. The molecule has 1 aliphatic heterocycles. The second-order valence-electron chi connectivity index (χ2n) is 5.76. The van der Waals surface area contributed by atoms with E-state index in [2.05, 4.69) is 35.1 Å². The van der Waals surface area contributed by atoms with Crippen molar-refractivity contribution in [3.8, 4) is 0 Å². The van der Waals surface area contributed by atoms with Gasteiger partial charge in [0.05, 0.1) is 11.1 Å². The van der Waals surface area contributed by atoms with Crippen LogP contribution in [0.15, 0.2) is 22.7 Å². The minimum Gasteiger partial charge on any atom is -0.316 e. The van der Waals surface area contributed by atoms with Crippen LogP contribution in [0.1, 0.15) is 47.4 Å². The third-order valence-electron chi connectivity index (χ3n) is 3.47. The van der Waals surface area contributed by atoms with Gasteiger partial charge in [-0.1, -0.05) is 29.8 Å². The first-order chi connectivity index (χ1) is 10.0. The fraction of sp³-hybridized carbons (Fsp3) is 0.500. The van der Waals surface area contributed by atoms with E-state index in [1.165, 1.54) is 4.90 Å². The molecular formula is C16H21BrN2O2. The van der Waals surface area contributed by atoms with Crippen LogP contribution in [-0.4, -0.2) is 36.3 Å². The number of hydrogen-bond donors (Lipinski definition) is 1. The molecule has 0 unspecified atom stereocenters. The molecule has 0 saturated heterocycles. The van der Waals surface area contributed by atoms with E-state index in [1.54, 1.807) is 18.2 Å². The Morgan fingerprint density at radius 1 is 1.14 bits per heavy atom. The molecule has 21 heavy (non-hydrogen) atoms. The Hall–Kier alpha value is -1.20. The minimum absolute atomic E-state index is 0.169. The first-order valence-corrected chi connectivity index (χ1v) is 8.16. The van der Waals surface area contributed by atoms with Gasteiger partial charge in [0, 0.05) is 11.0 Å². The number of hydrogen-bond acceptors (Lipinski definition) is 3. The van der Waals surface area contributed by atoms with Gasteiger partial charge in [-0.05, 0) is 50.0 Å². The third kappa shape index (κ3) is 3.92. The van der Waals surface area contributed by atoms with Crippen LogP contribution in [0.4, 0.5) is 0 Å². The van der Waals surface area contributed by atoms with Gasteiger partial charge in [-0.25, -0.2) is 0 Å². The van der Waals surface area contributed by atoms with E-state index in [4.69, 9.17) is 0 Å². The summed E-state index contributed by atoms with van der Waals surface area (Å²) in [4.78, 5) is 25.8. The molecule has 0 atom stereocenters. The van der Waals surface area contributed by atoms with E-state index < -0.39 is 0 Å². The zero-order chi connectivity index (χ0) is 15.4. The summed E-state index contributed by atoms with van der Waals surface area (Å²) < 4.78 is 0.821. The van der Waals surface area contributed by atoms with Gasteiger partial charge in [-0.3, -0.25) is 14.5 Å². The van der Waals surface area contributed by atoms with Crippen molar-refractivity contribution in [2.24, 2.45) is 5.92 Å². The smallest absolute Gasteiger partial charge is 0.261 e. The molecule has 1 aliphatic rings. The normalized spacial score (nSPS) is 14.2. The molecule has 1 heterocycles. The highest BCUT2D eigenvalue weighted by atomic mass is 79.9. The van der Waals surface area contributed by atoms with Crippen molar-refractivity contribution in [3.63, 3.8) is 0 Å². The maximum atomic E-state index is 12.2. The number of unbranched alkanes of at least 4 members (excludes halogenated alkanes) is 1. The Morgan fingerprint density at radius 3 is 2.57 bits per heavy atom. The van der Waals surface area contributed by atoms with Gasteiger partial charge < -0.3 is 5.32 Å². The topological polar surface area (TPSA) is 49.4 Å². The summed E-state index contributed by atoms with van der Waals surface area (Å²) in [6.45, 7) is 6.76. The number of nitrogens with zero attached hydrogens (tertiary/aromatic N) is 1. The van der Waals surface area contributed by atoms with E-state index in [-0.39, 0.29) is 11.8 Å². The number of carbonyl (C=O) groups is 2. The van der Waals surface area contributed by atoms with E-state index in [9.17, 15) is 9.59 Å². The highest BCUT2D eigenvalue weighted by molar-refractivity contribution is 9.10. The fourth-order valence-electron chi connectivity index (χ4n) is 2.38. The molecule has 1 aromatic rings. The van der Waals surface area contributed by atoms with E-state index in [0.29, 0.717) is 23.6 Å². The van der Waals surface area contributed by atoms with Crippen LogP contribution in [0.5, 0.6) is 0 Å². The van der Waals surface area contributed by atoms with Crippen LogP contribution in [0.25, 0.3) is 0 Å². The molecule has 2 rings (SSSR count). The first-order valence-electron chi connectivity index (χ1n) is 7.37. The molecule has 1 aromatic carbocycles. The molecule has 0 radical (unpaired) electrons. The number of rotatable bonds is 7.